The molecular formula is C34H40N4O6S. The van der Waals surface area contributed by atoms with E-state index in [9.17, 15) is 24.3 Å². The number of hydrogen-bond acceptors (Lipinski definition) is 6. The molecule has 5 rings (SSSR count). The third-order valence-electron chi connectivity index (χ3n) is 8.23. The Morgan fingerprint density at radius 2 is 1.67 bits per heavy atom. The standard InChI is InChI=1S/C34H40N4O6S/c1-33(2,3)44-32(43)38-15-13-21(14-16-38)29(39)36-27(17-22-20-45-28-12-8-6-10-25(22)28)30(40)37-34(4,31(41)42)18-23-19-35-26-11-7-5-9-24(23)26/h5-12,19-21,27,35H,13-18H2,1-4H3,(H,36,39)(H,37,40)(H,41,42)/t27?,34-/m1/s1. The lowest BCUT2D eigenvalue weighted by Crippen LogP contribution is -2.60. The second-order valence-electron chi connectivity index (χ2n) is 12.9. The Morgan fingerprint density at radius 1 is 1.00 bits per heavy atom. The van der Waals surface area contributed by atoms with Crippen LogP contribution in [0.5, 0.6) is 0 Å². The number of aromatic amines is 1. The monoisotopic (exact) mass is 632 g/mol. The molecule has 2 aromatic heterocycles. The van der Waals surface area contributed by atoms with Crippen LogP contribution in [-0.4, -0.2) is 69.1 Å². The molecule has 2 atom stereocenters. The molecule has 4 N–H and O–H groups in total. The molecule has 0 spiro atoms. The first-order chi connectivity index (χ1) is 21.3. The van der Waals surface area contributed by atoms with E-state index in [1.54, 1.807) is 22.4 Å². The number of nitrogens with one attached hydrogen (secondary N) is 3. The van der Waals surface area contributed by atoms with E-state index in [0.717, 1.165) is 32.1 Å². The Balaban J connectivity index is 1.34. The number of carbonyl (C=O) groups excluding carboxylic acids is 3. The van der Waals surface area contributed by atoms with Gasteiger partial charge < -0.3 is 30.4 Å². The van der Waals surface area contributed by atoms with Gasteiger partial charge in [-0.2, -0.15) is 0 Å². The van der Waals surface area contributed by atoms with Crippen molar-refractivity contribution >= 4 is 56.2 Å². The number of carbonyl (C=O) groups is 4. The van der Waals surface area contributed by atoms with Gasteiger partial charge in [0.15, 0.2) is 0 Å². The number of benzene rings is 2. The molecular weight excluding hydrogens is 592 g/mol. The van der Waals surface area contributed by atoms with E-state index in [4.69, 9.17) is 4.74 Å². The minimum atomic E-state index is -1.64. The van der Waals surface area contributed by atoms with Crippen molar-refractivity contribution in [1.82, 2.24) is 20.5 Å². The van der Waals surface area contributed by atoms with Crippen LogP contribution >= 0.6 is 11.3 Å². The van der Waals surface area contributed by atoms with Gasteiger partial charge in [-0.15, -0.1) is 11.3 Å². The number of amides is 3. The zero-order valence-electron chi connectivity index (χ0n) is 26.0. The van der Waals surface area contributed by atoms with Crippen LogP contribution in [0.15, 0.2) is 60.1 Å². The number of H-pyrrole nitrogens is 1. The highest BCUT2D eigenvalue weighted by Crippen LogP contribution is 2.28. The Hall–Kier alpha value is -4.38. The van der Waals surface area contributed by atoms with Crippen molar-refractivity contribution in [3.8, 4) is 0 Å². The minimum absolute atomic E-state index is 0.0449. The molecule has 1 fully saturated rings. The van der Waals surface area contributed by atoms with Crippen molar-refractivity contribution in [3.05, 3.63) is 71.2 Å². The summed E-state index contributed by atoms with van der Waals surface area (Å²) in [5, 5.41) is 19.9. The van der Waals surface area contributed by atoms with E-state index < -0.39 is 41.1 Å². The summed E-state index contributed by atoms with van der Waals surface area (Å²) in [5.74, 6) is -2.46. The first-order valence-electron chi connectivity index (χ1n) is 15.2. The second-order valence-corrected chi connectivity index (χ2v) is 13.8. The summed E-state index contributed by atoms with van der Waals surface area (Å²) in [7, 11) is 0. The van der Waals surface area contributed by atoms with Crippen molar-refractivity contribution in [1.29, 1.82) is 0 Å². The summed E-state index contributed by atoms with van der Waals surface area (Å²) in [6.07, 6.45) is 2.44. The number of aromatic nitrogens is 1. The van der Waals surface area contributed by atoms with Gasteiger partial charge in [0.05, 0.1) is 0 Å². The van der Waals surface area contributed by atoms with Crippen LogP contribution < -0.4 is 10.6 Å². The SMILES string of the molecule is CC(C)(C)OC(=O)N1CCC(C(=O)NC(Cc2csc3ccccc23)C(=O)N[C@](C)(Cc2c[nH]c3ccccc23)C(=O)O)CC1. The molecule has 1 aliphatic rings. The van der Waals surface area contributed by atoms with Gasteiger partial charge >= 0.3 is 12.1 Å². The van der Waals surface area contributed by atoms with E-state index in [1.807, 2.05) is 74.7 Å². The number of fused-ring (bicyclic) bond motifs is 2. The van der Waals surface area contributed by atoms with Crippen molar-refractivity contribution in [3.63, 3.8) is 0 Å². The van der Waals surface area contributed by atoms with Gasteiger partial charge in [-0.05, 0) is 74.6 Å². The Bertz CT molecular complexity index is 1710. The third kappa shape index (κ3) is 7.47. The van der Waals surface area contributed by atoms with Crippen LogP contribution in [-0.2, 0) is 32.0 Å². The molecule has 2 aromatic carbocycles. The quantitative estimate of drug-likeness (QED) is 0.199. The van der Waals surface area contributed by atoms with Gasteiger partial charge in [-0.3, -0.25) is 9.59 Å². The first kappa shape index (κ1) is 32.0. The molecule has 0 aliphatic carbocycles. The molecule has 0 radical (unpaired) electrons. The van der Waals surface area contributed by atoms with Crippen LogP contribution in [0.2, 0.25) is 0 Å². The van der Waals surface area contributed by atoms with E-state index >= 15 is 0 Å². The maximum atomic E-state index is 13.9. The lowest BCUT2D eigenvalue weighted by atomic mass is 9.91. The number of nitrogens with zero attached hydrogens (tertiary/aromatic N) is 1. The highest BCUT2D eigenvalue weighted by molar-refractivity contribution is 7.17. The molecule has 10 nitrogen and oxygen atoms in total. The molecule has 4 aromatic rings. The number of carboxylic acids is 1. The minimum Gasteiger partial charge on any atom is -0.480 e. The fraction of sp³-hybridized carbons (Fsp3) is 0.412. The second kappa shape index (κ2) is 12.9. The van der Waals surface area contributed by atoms with E-state index in [-0.39, 0.29) is 18.7 Å². The topological polar surface area (TPSA) is 141 Å². The molecule has 1 saturated heterocycles. The maximum Gasteiger partial charge on any atom is 0.410 e. The number of piperidine rings is 1. The van der Waals surface area contributed by atoms with Crippen molar-refractivity contribution in [2.24, 2.45) is 5.92 Å². The molecule has 0 bridgehead atoms. The number of thiophene rings is 1. The number of para-hydroxylation sites is 1. The van der Waals surface area contributed by atoms with Gasteiger partial charge in [-0.25, -0.2) is 9.59 Å². The van der Waals surface area contributed by atoms with Crippen LogP contribution in [0, 0.1) is 5.92 Å². The Kier molecular flexibility index (Phi) is 9.20. The van der Waals surface area contributed by atoms with Gasteiger partial charge in [0, 0.05) is 53.6 Å². The highest BCUT2D eigenvalue weighted by Gasteiger charge is 2.39. The summed E-state index contributed by atoms with van der Waals surface area (Å²) in [4.78, 5) is 57.4. The number of aliphatic carboxylic acids is 1. The number of rotatable bonds is 9. The molecule has 1 aliphatic heterocycles. The van der Waals surface area contributed by atoms with Crippen LogP contribution in [0.4, 0.5) is 4.79 Å². The zero-order chi connectivity index (χ0) is 32.4. The molecule has 238 valence electrons. The number of ether oxygens (including phenoxy) is 1. The summed E-state index contributed by atoms with van der Waals surface area (Å²) in [6.45, 7) is 7.64. The predicted octanol–water partition coefficient (Wildman–Crippen LogP) is 5.26. The molecule has 45 heavy (non-hydrogen) atoms. The van der Waals surface area contributed by atoms with Gasteiger partial charge in [0.25, 0.3) is 0 Å². The molecule has 1 unspecified atom stereocenters. The van der Waals surface area contributed by atoms with Crippen molar-refractivity contribution in [2.45, 2.75) is 70.6 Å². The highest BCUT2D eigenvalue weighted by atomic mass is 32.1. The van der Waals surface area contributed by atoms with Crippen molar-refractivity contribution < 1.29 is 29.0 Å². The van der Waals surface area contributed by atoms with E-state index in [2.05, 4.69) is 15.6 Å². The average Bonchev–Trinajstić information content (AvgIpc) is 3.60. The maximum absolute atomic E-state index is 13.9. The number of carboxylic acid groups (broad SMARTS) is 1. The Morgan fingerprint density at radius 3 is 2.36 bits per heavy atom. The lowest BCUT2D eigenvalue weighted by molar-refractivity contribution is -0.147. The average molecular weight is 633 g/mol. The summed E-state index contributed by atoms with van der Waals surface area (Å²) < 4.78 is 6.53. The van der Waals surface area contributed by atoms with Crippen LogP contribution in [0.1, 0.15) is 51.7 Å². The van der Waals surface area contributed by atoms with Gasteiger partial charge in [-0.1, -0.05) is 36.4 Å². The molecule has 11 heteroatoms. The van der Waals surface area contributed by atoms with Crippen LogP contribution in [0.3, 0.4) is 0 Å². The largest absolute Gasteiger partial charge is 0.480 e. The lowest BCUT2D eigenvalue weighted by Gasteiger charge is -2.34. The third-order valence-corrected chi connectivity index (χ3v) is 9.24. The number of hydrogen-bond donors (Lipinski definition) is 4. The molecule has 3 amide bonds. The molecule has 0 saturated carbocycles. The first-order valence-corrected chi connectivity index (χ1v) is 16.0. The normalized spacial score (nSPS) is 16.2. The molecule has 3 heterocycles. The fourth-order valence-electron chi connectivity index (χ4n) is 5.75. The summed E-state index contributed by atoms with van der Waals surface area (Å²) >= 11 is 1.55. The van der Waals surface area contributed by atoms with Gasteiger partial charge in [0.2, 0.25) is 11.8 Å². The van der Waals surface area contributed by atoms with E-state index in [1.165, 1.54) is 6.92 Å². The van der Waals surface area contributed by atoms with Crippen molar-refractivity contribution in [2.75, 3.05) is 13.1 Å². The zero-order valence-corrected chi connectivity index (χ0v) is 26.8. The smallest absolute Gasteiger partial charge is 0.410 e. The van der Waals surface area contributed by atoms with Gasteiger partial charge in [0.1, 0.15) is 17.2 Å². The predicted molar refractivity (Wildman–Crippen MR) is 174 cm³/mol. The van der Waals surface area contributed by atoms with Crippen LogP contribution in [0.25, 0.3) is 21.0 Å². The van der Waals surface area contributed by atoms with E-state index in [0.29, 0.717) is 25.9 Å². The number of likely N-dealkylation sites (tertiary alicyclic amines) is 1. The summed E-state index contributed by atoms with van der Waals surface area (Å²) in [5.41, 5.74) is 0.275. The summed E-state index contributed by atoms with van der Waals surface area (Å²) in [6, 6.07) is 14.4. The fourth-order valence-corrected chi connectivity index (χ4v) is 6.73. The Labute approximate surface area is 266 Å².